The lowest BCUT2D eigenvalue weighted by molar-refractivity contribution is -0.127. The number of halogens is 1. The van der Waals surface area contributed by atoms with Crippen molar-refractivity contribution in [1.29, 1.82) is 0 Å². The highest BCUT2D eigenvalue weighted by molar-refractivity contribution is 6.31. The van der Waals surface area contributed by atoms with E-state index < -0.39 is 0 Å². The van der Waals surface area contributed by atoms with Crippen LogP contribution in [0.4, 0.5) is 0 Å². The van der Waals surface area contributed by atoms with Crippen molar-refractivity contribution >= 4 is 17.5 Å². The number of hydrogen-bond donors (Lipinski definition) is 1. The van der Waals surface area contributed by atoms with E-state index >= 15 is 0 Å². The van der Waals surface area contributed by atoms with Crippen molar-refractivity contribution in [1.82, 2.24) is 10.2 Å². The van der Waals surface area contributed by atoms with Crippen LogP contribution in [0.25, 0.3) is 0 Å². The topological polar surface area (TPSA) is 41.6 Å². The molecule has 2 aromatic carbocycles. The molecule has 1 unspecified atom stereocenters. The Labute approximate surface area is 184 Å². The predicted molar refractivity (Wildman–Crippen MR) is 121 cm³/mol. The Balaban J connectivity index is 1.37. The molecule has 30 heavy (non-hydrogen) atoms. The van der Waals surface area contributed by atoms with Gasteiger partial charge in [-0.2, -0.15) is 0 Å². The Kier molecular flexibility index (Phi) is 6.08. The number of carbonyl (C=O) groups excluding carboxylic acids is 1. The number of benzene rings is 2. The highest BCUT2D eigenvalue weighted by Crippen LogP contribution is 2.40. The van der Waals surface area contributed by atoms with Crippen molar-refractivity contribution in [3.8, 4) is 5.75 Å². The lowest BCUT2D eigenvalue weighted by Gasteiger charge is -2.39. The number of fused-ring (bicyclic) bond motifs is 1. The molecular weight excluding hydrogens is 396 g/mol. The van der Waals surface area contributed by atoms with Gasteiger partial charge in [0, 0.05) is 29.5 Å². The molecule has 1 N–H and O–H groups in total. The van der Waals surface area contributed by atoms with Gasteiger partial charge in [-0.3, -0.25) is 9.69 Å². The highest BCUT2D eigenvalue weighted by atomic mass is 35.5. The van der Waals surface area contributed by atoms with Gasteiger partial charge in [-0.05, 0) is 64.4 Å². The Morgan fingerprint density at radius 1 is 1.20 bits per heavy atom. The molecule has 1 atom stereocenters. The molecule has 2 aromatic rings. The average molecular weight is 427 g/mol. The summed E-state index contributed by atoms with van der Waals surface area (Å²) in [6.07, 6.45) is 2.54. The van der Waals surface area contributed by atoms with Gasteiger partial charge in [0.2, 0.25) is 5.91 Å². The maximum absolute atomic E-state index is 13.1. The molecule has 4 rings (SSSR count). The van der Waals surface area contributed by atoms with Crippen LogP contribution in [0, 0.1) is 12.8 Å². The van der Waals surface area contributed by atoms with Gasteiger partial charge in [0.1, 0.15) is 11.4 Å². The van der Waals surface area contributed by atoms with Crippen LogP contribution in [0.3, 0.4) is 0 Å². The number of piperidine rings is 1. The van der Waals surface area contributed by atoms with E-state index in [4.69, 9.17) is 16.3 Å². The largest absolute Gasteiger partial charge is 0.487 e. The number of nitrogens with zero attached hydrogens (tertiary/aromatic N) is 1. The molecule has 0 bridgehead atoms. The molecule has 0 radical (unpaired) electrons. The van der Waals surface area contributed by atoms with Gasteiger partial charge in [-0.15, -0.1) is 0 Å². The number of carbonyl (C=O) groups is 1. The third-order valence-corrected chi connectivity index (χ3v) is 6.62. The smallest absolute Gasteiger partial charge is 0.223 e. The van der Waals surface area contributed by atoms with E-state index in [0.717, 1.165) is 60.8 Å². The van der Waals surface area contributed by atoms with Crippen LogP contribution in [0.1, 0.15) is 55.8 Å². The van der Waals surface area contributed by atoms with Crippen molar-refractivity contribution in [3.05, 3.63) is 64.2 Å². The summed E-state index contributed by atoms with van der Waals surface area (Å²) in [6.45, 7) is 8.92. The predicted octanol–water partition coefficient (Wildman–Crippen LogP) is 5.28. The molecule has 160 valence electrons. The first kappa shape index (κ1) is 21.2. The van der Waals surface area contributed by atoms with Crippen molar-refractivity contribution in [2.45, 2.75) is 58.2 Å². The van der Waals surface area contributed by atoms with Crippen LogP contribution in [-0.4, -0.2) is 29.5 Å². The summed E-state index contributed by atoms with van der Waals surface area (Å²) in [5, 5.41) is 4.16. The molecule has 4 nitrogen and oxygen atoms in total. The molecular formula is C25H31ClN2O2. The second-order valence-electron chi connectivity index (χ2n) is 9.31. The van der Waals surface area contributed by atoms with Crippen LogP contribution < -0.4 is 10.1 Å². The molecule has 1 amide bonds. The second-order valence-corrected chi connectivity index (χ2v) is 9.72. The van der Waals surface area contributed by atoms with Gasteiger partial charge in [-0.25, -0.2) is 0 Å². The summed E-state index contributed by atoms with van der Waals surface area (Å²) < 4.78 is 6.14. The van der Waals surface area contributed by atoms with Crippen molar-refractivity contribution in [2.75, 3.05) is 13.1 Å². The van der Waals surface area contributed by atoms with Crippen LogP contribution in [-0.2, 0) is 11.3 Å². The maximum Gasteiger partial charge on any atom is 0.223 e. The summed E-state index contributed by atoms with van der Waals surface area (Å²) in [5.74, 6) is 1.12. The van der Waals surface area contributed by atoms with E-state index in [1.165, 1.54) is 5.56 Å². The zero-order valence-corrected chi connectivity index (χ0v) is 18.8. The lowest BCUT2D eigenvalue weighted by atomic mass is 9.88. The first-order chi connectivity index (χ1) is 14.3. The fourth-order valence-electron chi connectivity index (χ4n) is 4.61. The number of hydrogen-bond acceptors (Lipinski definition) is 3. The fraction of sp³-hybridized carbons (Fsp3) is 0.480. The van der Waals surface area contributed by atoms with E-state index in [1.807, 2.05) is 24.3 Å². The minimum Gasteiger partial charge on any atom is -0.487 e. The Morgan fingerprint density at radius 3 is 2.67 bits per heavy atom. The second kappa shape index (κ2) is 8.60. The normalized spacial score (nSPS) is 21.5. The van der Waals surface area contributed by atoms with Crippen LogP contribution in [0.2, 0.25) is 5.02 Å². The third-order valence-electron chi connectivity index (χ3n) is 6.25. The van der Waals surface area contributed by atoms with Crippen molar-refractivity contribution in [2.24, 2.45) is 5.92 Å². The maximum atomic E-state index is 13.1. The monoisotopic (exact) mass is 426 g/mol. The standard InChI is InChI=1S/C25H31ClN2O2/c1-17-8-9-23-20(14-17)22(15-25(2,3)30-23)27-24(29)18-10-12-28(13-11-18)16-19-6-4-5-7-21(19)26/h4-9,14,18,22H,10-13,15-16H2,1-3H3,(H,27,29). The van der Waals surface area contributed by atoms with Gasteiger partial charge in [0.25, 0.3) is 0 Å². The number of nitrogens with one attached hydrogen (secondary N) is 1. The first-order valence-electron chi connectivity index (χ1n) is 10.9. The average Bonchev–Trinajstić information content (AvgIpc) is 2.70. The molecule has 0 aromatic heterocycles. The van der Waals surface area contributed by atoms with Gasteiger partial charge in [0.15, 0.2) is 0 Å². The van der Waals surface area contributed by atoms with Gasteiger partial charge in [-0.1, -0.05) is 47.5 Å². The minimum atomic E-state index is -0.293. The number of rotatable bonds is 4. The van der Waals surface area contributed by atoms with E-state index in [0.29, 0.717) is 0 Å². The Morgan fingerprint density at radius 2 is 1.93 bits per heavy atom. The number of likely N-dealkylation sites (tertiary alicyclic amines) is 1. The lowest BCUT2D eigenvalue weighted by Crippen LogP contribution is -2.45. The zero-order valence-electron chi connectivity index (χ0n) is 18.1. The molecule has 1 fully saturated rings. The Hall–Kier alpha value is -2.04. The zero-order chi connectivity index (χ0) is 21.3. The number of amides is 1. The molecule has 5 heteroatoms. The van der Waals surface area contributed by atoms with Crippen molar-refractivity contribution < 1.29 is 9.53 Å². The number of ether oxygens (including phenoxy) is 1. The SMILES string of the molecule is Cc1ccc2c(c1)C(NC(=O)C1CCN(Cc3ccccc3Cl)CC1)CC(C)(C)O2. The molecule has 2 heterocycles. The van der Waals surface area contributed by atoms with E-state index in [-0.39, 0.29) is 23.5 Å². The van der Waals surface area contributed by atoms with Gasteiger partial charge < -0.3 is 10.1 Å². The molecule has 0 saturated carbocycles. The van der Waals surface area contributed by atoms with E-state index in [1.54, 1.807) is 0 Å². The van der Waals surface area contributed by atoms with Gasteiger partial charge in [0.05, 0.1) is 6.04 Å². The summed E-state index contributed by atoms with van der Waals surface area (Å²) in [7, 11) is 0. The minimum absolute atomic E-state index is 0.00250. The van der Waals surface area contributed by atoms with Gasteiger partial charge >= 0.3 is 0 Å². The van der Waals surface area contributed by atoms with Crippen molar-refractivity contribution in [3.63, 3.8) is 0 Å². The third kappa shape index (κ3) is 4.81. The number of aryl methyl sites for hydroxylation is 1. The van der Waals surface area contributed by atoms with Crippen LogP contribution in [0.5, 0.6) is 5.75 Å². The quantitative estimate of drug-likeness (QED) is 0.723. The summed E-state index contributed by atoms with van der Waals surface area (Å²) >= 11 is 6.31. The molecule has 0 aliphatic carbocycles. The molecule has 1 saturated heterocycles. The van der Waals surface area contributed by atoms with Crippen LogP contribution >= 0.6 is 11.6 Å². The summed E-state index contributed by atoms with van der Waals surface area (Å²) in [5.41, 5.74) is 3.14. The fourth-order valence-corrected chi connectivity index (χ4v) is 4.81. The molecule has 2 aliphatic heterocycles. The molecule has 0 spiro atoms. The van der Waals surface area contributed by atoms with Crippen LogP contribution in [0.15, 0.2) is 42.5 Å². The van der Waals surface area contributed by atoms with E-state index in [2.05, 4.69) is 49.2 Å². The molecule has 2 aliphatic rings. The van der Waals surface area contributed by atoms with E-state index in [9.17, 15) is 4.79 Å². The summed E-state index contributed by atoms with van der Waals surface area (Å²) in [4.78, 5) is 15.5. The first-order valence-corrected chi connectivity index (χ1v) is 11.2. The highest BCUT2D eigenvalue weighted by Gasteiger charge is 2.36. The Bertz CT molecular complexity index is 919. The summed E-state index contributed by atoms with van der Waals surface area (Å²) in [6, 6.07) is 14.2.